The fraction of sp³-hybridized carbons (Fsp3) is 0.417. The molecule has 1 unspecified atom stereocenters. The summed E-state index contributed by atoms with van der Waals surface area (Å²) >= 11 is 5.87. The van der Waals surface area contributed by atoms with Crippen LogP contribution in [0.3, 0.4) is 0 Å². The molecule has 5 nitrogen and oxygen atoms in total. The molecule has 0 N–H and O–H groups in total. The average molecular weight is 265 g/mol. The van der Waals surface area contributed by atoms with Gasteiger partial charge in [-0.1, -0.05) is 16.8 Å². The summed E-state index contributed by atoms with van der Waals surface area (Å²) in [5.41, 5.74) is 0.908. The number of hydrogen-bond donors (Lipinski definition) is 0. The van der Waals surface area contributed by atoms with Crippen molar-refractivity contribution in [3.05, 3.63) is 29.3 Å². The van der Waals surface area contributed by atoms with Gasteiger partial charge >= 0.3 is 0 Å². The van der Waals surface area contributed by atoms with Crippen LogP contribution in [0.5, 0.6) is 0 Å². The van der Waals surface area contributed by atoms with E-state index in [-0.39, 0.29) is 12.1 Å². The third-order valence-electron chi connectivity index (χ3n) is 3.25. The molecule has 0 saturated carbocycles. The van der Waals surface area contributed by atoms with E-state index in [1.54, 1.807) is 5.01 Å². The van der Waals surface area contributed by atoms with Gasteiger partial charge in [-0.15, -0.1) is 0 Å². The number of anilines is 1. The number of rotatable bonds is 2. The Labute approximate surface area is 110 Å². The molecule has 1 aromatic carbocycles. The Balaban J connectivity index is 1.84. The lowest BCUT2D eigenvalue weighted by atomic mass is 10.3. The molecule has 2 aliphatic rings. The summed E-state index contributed by atoms with van der Waals surface area (Å²) in [6, 6.07) is 7.40. The van der Waals surface area contributed by atoms with Gasteiger partial charge < -0.3 is 4.90 Å². The summed E-state index contributed by atoms with van der Waals surface area (Å²) in [5, 5.41) is 10.6. The van der Waals surface area contributed by atoms with E-state index in [2.05, 4.69) is 10.3 Å². The first-order valence-corrected chi connectivity index (χ1v) is 6.35. The number of carbonyl (C=O) groups is 1. The molecular formula is C12H13ClN4O. The Morgan fingerprint density at radius 3 is 2.72 bits per heavy atom. The largest absolute Gasteiger partial charge is 0.319 e. The summed E-state index contributed by atoms with van der Waals surface area (Å²) in [4.78, 5) is 13.6. The molecule has 0 radical (unpaired) electrons. The number of likely N-dealkylation sites (tertiary alicyclic amines) is 1. The van der Waals surface area contributed by atoms with Gasteiger partial charge in [0.2, 0.25) is 5.91 Å². The Hall–Kier alpha value is -1.62. The third-order valence-corrected chi connectivity index (χ3v) is 3.50. The van der Waals surface area contributed by atoms with Crippen LogP contribution in [-0.4, -0.2) is 30.1 Å². The zero-order valence-electron chi connectivity index (χ0n) is 9.79. The van der Waals surface area contributed by atoms with Crippen molar-refractivity contribution in [2.45, 2.75) is 19.0 Å². The molecule has 1 amide bonds. The van der Waals surface area contributed by atoms with Gasteiger partial charge in [-0.3, -0.25) is 4.79 Å². The lowest BCUT2D eigenvalue weighted by molar-refractivity contribution is -0.129. The number of nitrogens with zero attached hydrogens (tertiary/aromatic N) is 4. The van der Waals surface area contributed by atoms with Crippen LogP contribution >= 0.6 is 11.6 Å². The first-order chi connectivity index (χ1) is 8.75. The second-order valence-corrected chi connectivity index (χ2v) is 4.84. The highest BCUT2D eigenvalue weighted by Crippen LogP contribution is 2.27. The van der Waals surface area contributed by atoms with Crippen LogP contribution in [0, 0.1) is 0 Å². The topological polar surface area (TPSA) is 48.3 Å². The quantitative estimate of drug-likeness (QED) is 0.824. The molecule has 2 heterocycles. The smallest absolute Gasteiger partial charge is 0.224 e. The fourth-order valence-electron chi connectivity index (χ4n) is 2.35. The first-order valence-electron chi connectivity index (χ1n) is 5.97. The highest BCUT2D eigenvalue weighted by molar-refractivity contribution is 6.30. The lowest BCUT2D eigenvalue weighted by Gasteiger charge is -2.29. The molecule has 0 aliphatic carbocycles. The molecule has 94 valence electrons. The summed E-state index contributed by atoms with van der Waals surface area (Å²) in [6.45, 7) is 1.33. The monoisotopic (exact) mass is 264 g/mol. The van der Waals surface area contributed by atoms with E-state index in [1.165, 1.54) is 0 Å². The van der Waals surface area contributed by atoms with Crippen LogP contribution in [0.15, 0.2) is 34.6 Å². The molecule has 1 fully saturated rings. The van der Waals surface area contributed by atoms with Crippen molar-refractivity contribution >= 4 is 23.2 Å². The van der Waals surface area contributed by atoms with E-state index in [0.717, 1.165) is 18.7 Å². The normalized spacial score (nSPS) is 23.2. The minimum Gasteiger partial charge on any atom is -0.319 e. The molecular weight excluding hydrogens is 252 g/mol. The maximum Gasteiger partial charge on any atom is 0.224 e. The van der Waals surface area contributed by atoms with Crippen molar-refractivity contribution in [1.29, 1.82) is 0 Å². The van der Waals surface area contributed by atoms with E-state index >= 15 is 0 Å². The molecule has 1 aromatic rings. The molecule has 0 spiro atoms. The standard InChI is InChI=1S/C12H13ClN4O/c13-9-3-5-10(6-4-9)17-11(8-14-15-17)16-7-1-2-12(16)18/h3-6,11H,1-2,7-8H2. The van der Waals surface area contributed by atoms with Gasteiger partial charge in [0.1, 0.15) is 12.7 Å². The van der Waals surface area contributed by atoms with Gasteiger partial charge in [-0.05, 0) is 30.7 Å². The van der Waals surface area contributed by atoms with Gasteiger partial charge in [0.05, 0.1) is 5.69 Å². The van der Waals surface area contributed by atoms with Gasteiger partial charge in [-0.2, -0.15) is 5.11 Å². The van der Waals surface area contributed by atoms with Crippen molar-refractivity contribution in [1.82, 2.24) is 4.90 Å². The van der Waals surface area contributed by atoms with E-state index < -0.39 is 0 Å². The van der Waals surface area contributed by atoms with Crippen molar-refractivity contribution < 1.29 is 4.79 Å². The molecule has 18 heavy (non-hydrogen) atoms. The van der Waals surface area contributed by atoms with Crippen LogP contribution in [0.1, 0.15) is 12.8 Å². The van der Waals surface area contributed by atoms with Gasteiger partial charge in [0.15, 0.2) is 0 Å². The van der Waals surface area contributed by atoms with Crippen LogP contribution in [-0.2, 0) is 4.79 Å². The van der Waals surface area contributed by atoms with E-state index in [0.29, 0.717) is 18.0 Å². The van der Waals surface area contributed by atoms with Crippen LogP contribution < -0.4 is 5.01 Å². The number of carbonyl (C=O) groups excluding carboxylic acids is 1. The molecule has 6 heteroatoms. The van der Waals surface area contributed by atoms with Gasteiger partial charge in [-0.25, -0.2) is 5.01 Å². The van der Waals surface area contributed by atoms with Crippen molar-refractivity contribution in [3.8, 4) is 0 Å². The molecule has 0 aromatic heterocycles. The molecule has 2 aliphatic heterocycles. The van der Waals surface area contributed by atoms with Crippen molar-refractivity contribution in [2.75, 3.05) is 18.1 Å². The summed E-state index contributed by atoms with van der Waals surface area (Å²) in [6.07, 6.45) is 1.47. The zero-order chi connectivity index (χ0) is 12.5. The van der Waals surface area contributed by atoms with E-state index in [4.69, 9.17) is 11.6 Å². The van der Waals surface area contributed by atoms with Gasteiger partial charge in [0, 0.05) is 18.0 Å². The zero-order valence-corrected chi connectivity index (χ0v) is 10.5. The maximum absolute atomic E-state index is 11.8. The van der Waals surface area contributed by atoms with Crippen molar-refractivity contribution in [2.24, 2.45) is 10.3 Å². The minimum atomic E-state index is -0.0822. The summed E-state index contributed by atoms with van der Waals surface area (Å²) < 4.78 is 0. The second-order valence-electron chi connectivity index (χ2n) is 4.41. The number of amides is 1. The number of benzene rings is 1. The number of hydrogen-bond acceptors (Lipinski definition) is 4. The minimum absolute atomic E-state index is 0.0822. The van der Waals surface area contributed by atoms with Crippen LogP contribution in [0.2, 0.25) is 5.02 Å². The van der Waals surface area contributed by atoms with Crippen LogP contribution in [0.25, 0.3) is 0 Å². The predicted octanol–water partition coefficient (Wildman–Crippen LogP) is 2.48. The fourth-order valence-corrected chi connectivity index (χ4v) is 2.47. The number of halogens is 1. The third kappa shape index (κ3) is 1.95. The molecule has 0 bridgehead atoms. The Morgan fingerprint density at radius 2 is 2.06 bits per heavy atom. The predicted molar refractivity (Wildman–Crippen MR) is 68.4 cm³/mol. The van der Waals surface area contributed by atoms with E-state index in [1.807, 2.05) is 29.2 Å². The van der Waals surface area contributed by atoms with Gasteiger partial charge in [0.25, 0.3) is 0 Å². The summed E-state index contributed by atoms with van der Waals surface area (Å²) in [5.74, 6) is 0.186. The van der Waals surface area contributed by atoms with E-state index in [9.17, 15) is 4.79 Å². The Morgan fingerprint density at radius 1 is 1.28 bits per heavy atom. The highest BCUT2D eigenvalue weighted by atomic mass is 35.5. The SMILES string of the molecule is O=C1CCCN1C1CN=NN1c1ccc(Cl)cc1. The maximum atomic E-state index is 11.8. The lowest BCUT2D eigenvalue weighted by Crippen LogP contribution is -2.46. The Bertz CT molecular complexity index is 487. The highest BCUT2D eigenvalue weighted by Gasteiger charge is 2.35. The Kier molecular flexibility index (Phi) is 2.91. The molecule has 1 saturated heterocycles. The first kappa shape index (κ1) is 11.5. The van der Waals surface area contributed by atoms with Crippen molar-refractivity contribution in [3.63, 3.8) is 0 Å². The van der Waals surface area contributed by atoms with Crippen LogP contribution in [0.4, 0.5) is 5.69 Å². The average Bonchev–Trinajstić information content (AvgIpc) is 2.98. The molecule has 3 rings (SSSR count). The molecule has 1 atom stereocenters. The second kappa shape index (κ2) is 4.57. The summed E-state index contributed by atoms with van der Waals surface area (Å²) in [7, 11) is 0.